The molecule has 6 heteroatoms. The Kier molecular flexibility index (Phi) is 5.60. The van der Waals surface area contributed by atoms with Gasteiger partial charge in [0.05, 0.1) is 25.8 Å². The molecular weight excluding hydrogens is 365 g/mol. The summed E-state index contributed by atoms with van der Waals surface area (Å²) in [6.45, 7) is 1.81. The van der Waals surface area contributed by atoms with Crippen LogP contribution in [-0.2, 0) is 0 Å². The second-order valence-electron chi connectivity index (χ2n) is 4.90. The van der Waals surface area contributed by atoms with Gasteiger partial charge in [0.25, 0.3) is 5.91 Å². The van der Waals surface area contributed by atoms with Gasteiger partial charge in [-0.25, -0.2) is 4.39 Å². The van der Waals surface area contributed by atoms with Gasteiger partial charge in [0.1, 0.15) is 5.82 Å². The molecule has 1 N–H and O–H groups in total. The van der Waals surface area contributed by atoms with Crippen LogP contribution in [0.5, 0.6) is 11.5 Å². The van der Waals surface area contributed by atoms with Gasteiger partial charge in [-0.05, 0) is 36.8 Å². The molecule has 2 aromatic carbocycles. The SMILES string of the molecule is COc1cc(Br)c([C@H](C)NC(=O)c2ccccc2F)cc1OC. The van der Waals surface area contributed by atoms with Gasteiger partial charge in [-0.1, -0.05) is 28.1 Å². The molecule has 0 radical (unpaired) electrons. The topological polar surface area (TPSA) is 47.6 Å². The highest BCUT2D eigenvalue weighted by Gasteiger charge is 2.18. The zero-order chi connectivity index (χ0) is 17.0. The molecule has 0 heterocycles. The quantitative estimate of drug-likeness (QED) is 0.847. The van der Waals surface area contributed by atoms with E-state index in [4.69, 9.17) is 9.47 Å². The number of hydrogen-bond donors (Lipinski definition) is 1. The fraction of sp³-hybridized carbons (Fsp3) is 0.235. The van der Waals surface area contributed by atoms with Crippen LogP contribution in [-0.4, -0.2) is 20.1 Å². The van der Waals surface area contributed by atoms with E-state index in [0.717, 1.165) is 10.0 Å². The number of carbonyl (C=O) groups is 1. The molecule has 0 aliphatic carbocycles. The number of hydrogen-bond acceptors (Lipinski definition) is 3. The van der Waals surface area contributed by atoms with Crippen LogP contribution in [0.25, 0.3) is 0 Å². The Hall–Kier alpha value is -2.08. The zero-order valence-corrected chi connectivity index (χ0v) is 14.6. The minimum absolute atomic E-state index is 0.0101. The summed E-state index contributed by atoms with van der Waals surface area (Å²) in [6.07, 6.45) is 0. The van der Waals surface area contributed by atoms with Gasteiger partial charge in [0.15, 0.2) is 11.5 Å². The molecule has 0 aliphatic rings. The molecule has 1 amide bonds. The normalized spacial score (nSPS) is 11.7. The minimum atomic E-state index is -0.552. The summed E-state index contributed by atoms with van der Waals surface area (Å²) >= 11 is 3.45. The van der Waals surface area contributed by atoms with Crippen LogP contribution in [0.15, 0.2) is 40.9 Å². The first-order valence-electron chi connectivity index (χ1n) is 6.94. The average molecular weight is 382 g/mol. The van der Waals surface area contributed by atoms with Gasteiger partial charge < -0.3 is 14.8 Å². The fourth-order valence-corrected chi connectivity index (χ4v) is 2.86. The number of amides is 1. The predicted octanol–water partition coefficient (Wildman–Crippen LogP) is 4.10. The van der Waals surface area contributed by atoms with E-state index in [2.05, 4.69) is 21.2 Å². The van der Waals surface area contributed by atoms with E-state index in [1.165, 1.54) is 19.2 Å². The maximum Gasteiger partial charge on any atom is 0.254 e. The first kappa shape index (κ1) is 17.3. The Morgan fingerprint density at radius 2 is 1.78 bits per heavy atom. The van der Waals surface area contributed by atoms with Crippen LogP contribution in [0.2, 0.25) is 0 Å². The fourth-order valence-electron chi connectivity index (χ4n) is 2.20. The molecule has 0 spiro atoms. The summed E-state index contributed by atoms with van der Waals surface area (Å²) in [6, 6.07) is 9.05. The van der Waals surface area contributed by atoms with E-state index < -0.39 is 11.7 Å². The van der Waals surface area contributed by atoms with Crippen LogP contribution in [0.4, 0.5) is 4.39 Å². The van der Waals surface area contributed by atoms with Crippen molar-refractivity contribution in [2.45, 2.75) is 13.0 Å². The molecule has 0 fully saturated rings. The third-order valence-corrected chi connectivity index (χ3v) is 4.12. The standard InChI is InChI=1S/C17H17BrFNO3/c1-10(20-17(21)11-6-4-5-7-14(11)19)12-8-15(22-2)16(23-3)9-13(12)18/h4-10H,1-3H3,(H,20,21)/t10-/m0/s1. The number of methoxy groups -OCH3 is 2. The van der Waals surface area contributed by atoms with Crippen LogP contribution in [0.3, 0.4) is 0 Å². The molecule has 4 nitrogen and oxygen atoms in total. The summed E-state index contributed by atoms with van der Waals surface area (Å²) < 4.78 is 24.9. The molecule has 0 saturated heterocycles. The van der Waals surface area contributed by atoms with Crippen molar-refractivity contribution < 1.29 is 18.7 Å². The Balaban J connectivity index is 2.25. The molecule has 0 saturated carbocycles. The van der Waals surface area contributed by atoms with Gasteiger partial charge in [-0.15, -0.1) is 0 Å². The summed E-state index contributed by atoms with van der Waals surface area (Å²) in [7, 11) is 3.09. The van der Waals surface area contributed by atoms with E-state index >= 15 is 0 Å². The lowest BCUT2D eigenvalue weighted by Crippen LogP contribution is -2.27. The maximum absolute atomic E-state index is 13.7. The number of carbonyl (C=O) groups excluding carboxylic acids is 1. The molecule has 2 rings (SSSR count). The van der Waals surface area contributed by atoms with Gasteiger partial charge in [-0.3, -0.25) is 4.79 Å². The second kappa shape index (κ2) is 7.46. The molecular formula is C17H17BrFNO3. The lowest BCUT2D eigenvalue weighted by Gasteiger charge is -2.18. The smallest absolute Gasteiger partial charge is 0.254 e. The molecule has 2 aromatic rings. The first-order valence-corrected chi connectivity index (χ1v) is 7.74. The highest BCUT2D eigenvalue weighted by molar-refractivity contribution is 9.10. The van der Waals surface area contributed by atoms with Crippen LogP contribution in [0.1, 0.15) is 28.9 Å². The Morgan fingerprint density at radius 1 is 1.17 bits per heavy atom. The lowest BCUT2D eigenvalue weighted by molar-refractivity contribution is 0.0935. The summed E-state index contributed by atoms with van der Waals surface area (Å²) in [4.78, 5) is 12.2. The molecule has 23 heavy (non-hydrogen) atoms. The Labute approximate surface area is 142 Å². The zero-order valence-electron chi connectivity index (χ0n) is 13.0. The van der Waals surface area contributed by atoms with Crippen molar-refractivity contribution in [1.29, 1.82) is 0 Å². The molecule has 1 atom stereocenters. The van der Waals surface area contributed by atoms with E-state index in [1.807, 2.05) is 6.92 Å². The average Bonchev–Trinajstić information content (AvgIpc) is 2.54. The summed E-state index contributed by atoms with van der Waals surface area (Å²) in [5.74, 6) is 0.106. The molecule has 122 valence electrons. The molecule has 0 unspecified atom stereocenters. The van der Waals surface area contributed by atoms with Crippen molar-refractivity contribution in [3.8, 4) is 11.5 Å². The van der Waals surface area contributed by atoms with Crippen LogP contribution < -0.4 is 14.8 Å². The third kappa shape index (κ3) is 3.82. The van der Waals surface area contributed by atoms with E-state index in [9.17, 15) is 9.18 Å². The number of nitrogens with one attached hydrogen (secondary N) is 1. The first-order chi connectivity index (χ1) is 11.0. The van der Waals surface area contributed by atoms with Gasteiger partial charge in [0.2, 0.25) is 0 Å². The molecule has 0 aromatic heterocycles. The van der Waals surface area contributed by atoms with Gasteiger partial charge in [-0.2, -0.15) is 0 Å². The van der Waals surface area contributed by atoms with Crippen molar-refractivity contribution in [3.05, 3.63) is 57.8 Å². The third-order valence-electron chi connectivity index (χ3n) is 3.44. The van der Waals surface area contributed by atoms with Crippen molar-refractivity contribution in [2.24, 2.45) is 0 Å². The Morgan fingerprint density at radius 3 is 2.39 bits per heavy atom. The Bertz CT molecular complexity index is 721. The summed E-state index contributed by atoms with van der Waals surface area (Å²) in [5, 5.41) is 2.78. The molecule has 0 aliphatic heterocycles. The largest absolute Gasteiger partial charge is 0.493 e. The number of rotatable bonds is 5. The van der Waals surface area contributed by atoms with E-state index in [1.54, 1.807) is 31.4 Å². The van der Waals surface area contributed by atoms with Crippen molar-refractivity contribution in [3.63, 3.8) is 0 Å². The highest BCUT2D eigenvalue weighted by atomic mass is 79.9. The van der Waals surface area contributed by atoms with Gasteiger partial charge >= 0.3 is 0 Å². The number of benzene rings is 2. The maximum atomic E-state index is 13.7. The van der Waals surface area contributed by atoms with Crippen molar-refractivity contribution in [1.82, 2.24) is 5.32 Å². The van der Waals surface area contributed by atoms with Gasteiger partial charge in [0, 0.05) is 4.47 Å². The van der Waals surface area contributed by atoms with E-state index in [0.29, 0.717) is 11.5 Å². The molecule has 0 bridgehead atoms. The van der Waals surface area contributed by atoms with Crippen LogP contribution in [0, 0.1) is 5.82 Å². The minimum Gasteiger partial charge on any atom is -0.493 e. The number of ether oxygens (including phenoxy) is 2. The van der Waals surface area contributed by atoms with Crippen LogP contribution >= 0.6 is 15.9 Å². The van der Waals surface area contributed by atoms with Crippen molar-refractivity contribution >= 4 is 21.8 Å². The second-order valence-corrected chi connectivity index (χ2v) is 5.76. The summed E-state index contributed by atoms with van der Waals surface area (Å²) in [5.41, 5.74) is 0.809. The monoisotopic (exact) mass is 381 g/mol. The lowest BCUT2D eigenvalue weighted by atomic mass is 10.1. The highest BCUT2D eigenvalue weighted by Crippen LogP contribution is 2.36. The van der Waals surface area contributed by atoms with E-state index in [-0.39, 0.29) is 11.6 Å². The predicted molar refractivity (Wildman–Crippen MR) is 89.5 cm³/mol. The van der Waals surface area contributed by atoms with Crippen molar-refractivity contribution in [2.75, 3.05) is 14.2 Å². The number of halogens is 2.